The first-order valence-corrected chi connectivity index (χ1v) is 6.07. The average molecular weight is 245 g/mol. The molecule has 100 valence electrons. The Morgan fingerprint density at radius 1 is 1.53 bits per heavy atom. The Balaban J connectivity index is 2.34. The molecule has 17 heavy (non-hydrogen) atoms. The van der Waals surface area contributed by atoms with Crippen molar-refractivity contribution in [3.8, 4) is 0 Å². The van der Waals surface area contributed by atoms with Crippen LogP contribution in [0, 0.1) is 0 Å². The number of amides is 1. The topological polar surface area (TPSA) is 67.8 Å². The van der Waals surface area contributed by atoms with E-state index in [9.17, 15) is 4.79 Å². The highest BCUT2D eigenvalue weighted by Gasteiger charge is 2.30. The van der Waals surface area contributed by atoms with Crippen LogP contribution in [0.1, 0.15) is 40.5 Å². The van der Waals surface area contributed by atoms with E-state index in [0.29, 0.717) is 0 Å². The van der Waals surface area contributed by atoms with Gasteiger partial charge in [-0.3, -0.25) is 0 Å². The second-order valence-corrected chi connectivity index (χ2v) is 5.49. The van der Waals surface area contributed by atoms with Crippen LogP contribution in [0.5, 0.6) is 0 Å². The Morgan fingerprint density at radius 3 is 2.65 bits per heavy atom. The largest absolute Gasteiger partial charge is 0.444 e. The van der Waals surface area contributed by atoms with Gasteiger partial charge in [-0.05, 0) is 40.5 Å². The number of hydrogen-bond acceptors (Lipinski definition) is 4. The van der Waals surface area contributed by atoms with Gasteiger partial charge in [0.25, 0.3) is 0 Å². The molecule has 1 aliphatic rings. The van der Waals surface area contributed by atoms with Crippen LogP contribution < -0.4 is 5.32 Å². The first kappa shape index (κ1) is 14.3. The lowest BCUT2D eigenvalue weighted by Crippen LogP contribution is -2.43. The lowest BCUT2D eigenvalue weighted by molar-refractivity contribution is -0.00566. The highest BCUT2D eigenvalue weighted by molar-refractivity contribution is 5.68. The van der Waals surface area contributed by atoms with E-state index in [1.807, 2.05) is 27.7 Å². The van der Waals surface area contributed by atoms with Crippen molar-refractivity contribution in [3.05, 3.63) is 0 Å². The molecular weight excluding hydrogens is 222 g/mol. The van der Waals surface area contributed by atoms with Crippen molar-refractivity contribution < 1.29 is 19.4 Å². The fourth-order valence-electron chi connectivity index (χ4n) is 1.82. The number of ether oxygens (including phenoxy) is 2. The third-order valence-corrected chi connectivity index (χ3v) is 2.65. The summed E-state index contributed by atoms with van der Waals surface area (Å²) in [4.78, 5) is 11.5. The summed E-state index contributed by atoms with van der Waals surface area (Å²) in [6.45, 7) is 7.39. The maximum absolute atomic E-state index is 11.5. The maximum Gasteiger partial charge on any atom is 0.407 e. The molecule has 1 aliphatic heterocycles. The molecule has 0 aromatic rings. The Morgan fingerprint density at radius 2 is 2.18 bits per heavy atom. The Bertz CT molecular complexity index is 262. The summed E-state index contributed by atoms with van der Waals surface area (Å²) < 4.78 is 10.7. The van der Waals surface area contributed by atoms with Crippen LogP contribution in [0.25, 0.3) is 0 Å². The quantitative estimate of drug-likeness (QED) is 0.789. The van der Waals surface area contributed by atoms with Crippen LogP contribution in [0.2, 0.25) is 0 Å². The SMILES string of the molecule is CC(NC(=O)OC(C)(C)C)C1CCC(CO)O1. The first-order valence-electron chi connectivity index (χ1n) is 6.07. The van der Waals surface area contributed by atoms with E-state index < -0.39 is 11.7 Å². The summed E-state index contributed by atoms with van der Waals surface area (Å²) in [5.74, 6) is 0. The summed E-state index contributed by atoms with van der Waals surface area (Å²) in [5, 5.41) is 11.7. The minimum atomic E-state index is -0.492. The molecule has 1 rings (SSSR count). The van der Waals surface area contributed by atoms with Gasteiger partial charge in [-0.15, -0.1) is 0 Å². The van der Waals surface area contributed by atoms with Crippen molar-refractivity contribution in [1.29, 1.82) is 0 Å². The van der Waals surface area contributed by atoms with Crippen LogP contribution in [-0.4, -0.2) is 41.7 Å². The Labute approximate surface area is 102 Å². The number of aliphatic hydroxyl groups is 1. The molecule has 0 aliphatic carbocycles. The number of hydrogen-bond donors (Lipinski definition) is 2. The minimum absolute atomic E-state index is 0.0374. The van der Waals surface area contributed by atoms with E-state index in [4.69, 9.17) is 14.6 Å². The molecule has 1 fully saturated rings. The molecular formula is C12H23NO4. The van der Waals surface area contributed by atoms with Crippen LogP contribution in [0.4, 0.5) is 4.79 Å². The van der Waals surface area contributed by atoms with Gasteiger partial charge in [0.1, 0.15) is 5.60 Å². The van der Waals surface area contributed by atoms with Gasteiger partial charge < -0.3 is 19.9 Å². The molecule has 0 aromatic heterocycles. The zero-order chi connectivity index (χ0) is 13.1. The standard InChI is InChI=1S/C12H23NO4/c1-8(10-6-5-9(7-14)16-10)13-11(15)17-12(2,3)4/h8-10,14H,5-7H2,1-4H3,(H,13,15). The third kappa shape index (κ3) is 4.91. The molecule has 1 amide bonds. The van der Waals surface area contributed by atoms with Crippen LogP contribution in [0.3, 0.4) is 0 Å². The van der Waals surface area contributed by atoms with Crippen LogP contribution >= 0.6 is 0 Å². The molecule has 0 bridgehead atoms. The monoisotopic (exact) mass is 245 g/mol. The second-order valence-electron chi connectivity index (χ2n) is 5.49. The van der Waals surface area contributed by atoms with Crippen molar-refractivity contribution in [3.63, 3.8) is 0 Å². The number of carbonyl (C=O) groups is 1. The number of aliphatic hydroxyl groups excluding tert-OH is 1. The lowest BCUT2D eigenvalue weighted by atomic mass is 10.1. The van der Waals surface area contributed by atoms with E-state index in [1.165, 1.54) is 0 Å². The zero-order valence-corrected chi connectivity index (χ0v) is 11.0. The van der Waals surface area contributed by atoms with Gasteiger partial charge >= 0.3 is 6.09 Å². The predicted molar refractivity (Wildman–Crippen MR) is 63.8 cm³/mol. The Hall–Kier alpha value is -0.810. The van der Waals surface area contributed by atoms with E-state index in [0.717, 1.165) is 12.8 Å². The van der Waals surface area contributed by atoms with Crippen molar-refractivity contribution in [2.24, 2.45) is 0 Å². The summed E-state index contributed by atoms with van der Waals surface area (Å²) >= 11 is 0. The molecule has 1 saturated heterocycles. The third-order valence-electron chi connectivity index (χ3n) is 2.65. The maximum atomic E-state index is 11.5. The van der Waals surface area contributed by atoms with Gasteiger partial charge in [0.2, 0.25) is 0 Å². The molecule has 0 spiro atoms. The lowest BCUT2D eigenvalue weighted by Gasteiger charge is -2.24. The van der Waals surface area contributed by atoms with Crippen molar-refractivity contribution in [2.75, 3.05) is 6.61 Å². The zero-order valence-electron chi connectivity index (χ0n) is 11.0. The molecule has 2 N–H and O–H groups in total. The second kappa shape index (κ2) is 5.69. The minimum Gasteiger partial charge on any atom is -0.444 e. The summed E-state index contributed by atoms with van der Waals surface area (Å²) in [6.07, 6.45) is 1.12. The smallest absolute Gasteiger partial charge is 0.407 e. The fourth-order valence-corrected chi connectivity index (χ4v) is 1.82. The summed E-state index contributed by atoms with van der Waals surface area (Å²) in [7, 11) is 0. The van der Waals surface area contributed by atoms with Gasteiger partial charge in [-0.2, -0.15) is 0 Å². The normalized spacial score (nSPS) is 26.6. The molecule has 0 aromatic carbocycles. The van der Waals surface area contributed by atoms with Gasteiger partial charge in [0, 0.05) is 0 Å². The van der Waals surface area contributed by atoms with Crippen LogP contribution in [0.15, 0.2) is 0 Å². The molecule has 0 saturated carbocycles. The van der Waals surface area contributed by atoms with Crippen molar-refractivity contribution >= 4 is 6.09 Å². The van der Waals surface area contributed by atoms with Crippen LogP contribution in [-0.2, 0) is 9.47 Å². The highest BCUT2D eigenvalue weighted by Crippen LogP contribution is 2.22. The number of nitrogens with one attached hydrogen (secondary N) is 1. The molecule has 3 atom stereocenters. The van der Waals surface area contributed by atoms with Gasteiger partial charge in [0.05, 0.1) is 24.9 Å². The molecule has 5 nitrogen and oxygen atoms in total. The fraction of sp³-hybridized carbons (Fsp3) is 0.917. The first-order chi connectivity index (χ1) is 7.81. The number of alkyl carbamates (subject to hydrolysis) is 1. The van der Waals surface area contributed by atoms with E-state index in [2.05, 4.69) is 5.32 Å². The summed E-state index contributed by atoms with van der Waals surface area (Å²) in [5.41, 5.74) is -0.492. The highest BCUT2D eigenvalue weighted by atomic mass is 16.6. The Kier molecular flexibility index (Phi) is 4.77. The van der Waals surface area contributed by atoms with E-state index in [1.54, 1.807) is 0 Å². The molecule has 5 heteroatoms. The van der Waals surface area contributed by atoms with Crippen molar-refractivity contribution in [2.45, 2.75) is 64.4 Å². The summed E-state index contributed by atoms with van der Waals surface area (Å²) in [6, 6.07) is -0.110. The van der Waals surface area contributed by atoms with Gasteiger partial charge in [-0.1, -0.05) is 0 Å². The number of rotatable bonds is 3. The van der Waals surface area contributed by atoms with E-state index in [-0.39, 0.29) is 24.9 Å². The van der Waals surface area contributed by atoms with Gasteiger partial charge in [0.15, 0.2) is 0 Å². The average Bonchev–Trinajstić information content (AvgIpc) is 2.62. The number of carbonyl (C=O) groups excluding carboxylic acids is 1. The molecule has 0 radical (unpaired) electrons. The van der Waals surface area contributed by atoms with Crippen molar-refractivity contribution in [1.82, 2.24) is 5.32 Å². The predicted octanol–water partition coefficient (Wildman–Crippen LogP) is 1.44. The van der Waals surface area contributed by atoms with Gasteiger partial charge in [-0.25, -0.2) is 4.79 Å². The molecule has 1 heterocycles. The molecule has 3 unspecified atom stereocenters. The van der Waals surface area contributed by atoms with E-state index >= 15 is 0 Å².